The van der Waals surface area contributed by atoms with E-state index in [1.54, 1.807) is 6.07 Å². The van der Waals surface area contributed by atoms with E-state index in [0.29, 0.717) is 5.69 Å². The molecule has 0 aromatic carbocycles. The Morgan fingerprint density at radius 1 is 1.47 bits per heavy atom. The molecule has 19 heavy (non-hydrogen) atoms. The third kappa shape index (κ3) is 3.90. The summed E-state index contributed by atoms with van der Waals surface area (Å²) in [6.45, 7) is 6.17. The van der Waals surface area contributed by atoms with E-state index in [9.17, 15) is 4.79 Å². The van der Waals surface area contributed by atoms with Crippen LogP contribution in [0, 0.1) is 0 Å². The van der Waals surface area contributed by atoms with Crippen LogP contribution in [0.4, 0.5) is 5.82 Å². The molecule has 1 aromatic heterocycles. The molecule has 0 radical (unpaired) electrons. The summed E-state index contributed by atoms with van der Waals surface area (Å²) in [5.74, 6) is 0.295. The molecule has 0 saturated carbocycles. The SMILES string of the molecule is CN(CCN1CCNCC1)c1cccc(C(N)=O)n1. The number of aromatic nitrogens is 1. The monoisotopic (exact) mass is 263 g/mol. The van der Waals surface area contributed by atoms with Crippen molar-refractivity contribution in [3.63, 3.8) is 0 Å². The molecule has 2 rings (SSSR count). The minimum Gasteiger partial charge on any atom is -0.364 e. The van der Waals surface area contributed by atoms with Crippen molar-refractivity contribution < 1.29 is 4.79 Å². The summed E-state index contributed by atoms with van der Waals surface area (Å²) in [6.07, 6.45) is 0. The molecule has 1 aromatic rings. The minimum absolute atomic E-state index is 0.312. The van der Waals surface area contributed by atoms with Crippen LogP contribution < -0.4 is 16.0 Å². The molecule has 0 aliphatic carbocycles. The lowest BCUT2D eigenvalue weighted by molar-refractivity contribution is 0.0995. The minimum atomic E-state index is -0.489. The molecule has 1 saturated heterocycles. The van der Waals surface area contributed by atoms with Gasteiger partial charge in [0, 0.05) is 46.3 Å². The average molecular weight is 263 g/mol. The lowest BCUT2D eigenvalue weighted by Crippen LogP contribution is -2.46. The van der Waals surface area contributed by atoms with Gasteiger partial charge in [0.1, 0.15) is 11.5 Å². The summed E-state index contributed by atoms with van der Waals surface area (Å²) >= 11 is 0. The van der Waals surface area contributed by atoms with Gasteiger partial charge in [-0.15, -0.1) is 0 Å². The molecule has 1 amide bonds. The number of pyridine rings is 1. The Morgan fingerprint density at radius 3 is 2.89 bits per heavy atom. The predicted molar refractivity (Wildman–Crippen MR) is 75.3 cm³/mol. The quantitative estimate of drug-likeness (QED) is 0.751. The van der Waals surface area contributed by atoms with Gasteiger partial charge in [-0.2, -0.15) is 0 Å². The standard InChI is InChI=1S/C13H21N5O/c1-17(9-10-18-7-5-15-6-8-18)12-4-2-3-11(16-12)13(14)19/h2-4,15H,5-10H2,1H3,(H2,14,19). The Balaban J connectivity index is 1.89. The van der Waals surface area contributed by atoms with Crippen LogP contribution in [0.3, 0.4) is 0 Å². The van der Waals surface area contributed by atoms with Gasteiger partial charge in [-0.25, -0.2) is 4.98 Å². The highest BCUT2D eigenvalue weighted by Crippen LogP contribution is 2.09. The largest absolute Gasteiger partial charge is 0.364 e. The maximum atomic E-state index is 11.1. The van der Waals surface area contributed by atoms with E-state index in [-0.39, 0.29) is 0 Å². The molecular formula is C13H21N5O. The number of amides is 1. The molecule has 6 heteroatoms. The number of rotatable bonds is 5. The highest BCUT2D eigenvalue weighted by Gasteiger charge is 2.11. The Kier molecular flexibility index (Phi) is 4.70. The average Bonchev–Trinajstić information content (AvgIpc) is 2.46. The lowest BCUT2D eigenvalue weighted by Gasteiger charge is -2.29. The number of nitrogens with two attached hydrogens (primary N) is 1. The number of carbonyl (C=O) groups is 1. The first kappa shape index (κ1) is 13.8. The first-order valence-electron chi connectivity index (χ1n) is 6.58. The molecule has 3 N–H and O–H groups in total. The molecule has 1 fully saturated rings. The third-order valence-corrected chi connectivity index (χ3v) is 3.34. The predicted octanol–water partition coefficient (Wildman–Crippen LogP) is -0.478. The van der Waals surface area contributed by atoms with E-state index in [2.05, 4.69) is 20.1 Å². The molecule has 1 aliphatic heterocycles. The molecule has 2 heterocycles. The summed E-state index contributed by atoms with van der Waals surface area (Å²) < 4.78 is 0. The fourth-order valence-electron chi connectivity index (χ4n) is 2.11. The molecule has 0 unspecified atom stereocenters. The number of likely N-dealkylation sites (N-methyl/N-ethyl adjacent to an activating group) is 1. The summed E-state index contributed by atoms with van der Waals surface area (Å²) in [5.41, 5.74) is 5.55. The van der Waals surface area contributed by atoms with E-state index in [1.165, 1.54) is 0 Å². The number of piperazine rings is 1. The van der Waals surface area contributed by atoms with Crippen LogP contribution >= 0.6 is 0 Å². The van der Waals surface area contributed by atoms with Gasteiger partial charge < -0.3 is 16.0 Å². The highest BCUT2D eigenvalue weighted by atomic mass is 16.1. The van der Waals surface area contributed by atoms with E-state index in [4.69, 9.17) is 5.73 Å². The second kappa shape index (κ2) is 6.49. The third-order valence-electron chi connectivity index (χ3n) is 3.34. The van der Waals surface area contributed by atoms with Crippen LogP contribution in [-0.4, -0.2) is 62.1 Å². The number of carbonyl (C=O) groups excluding carboxylic acids is 1. The number of nitrogens with one attached hydrogen (secondary N) is 1. The van der Waals surface area contributed by atoms with Crippen LogP contribution in [-0.2, 0) is 0 Å². The number of anilines is 1. The van der Waals surface area contributed by atoms with Gasteiger partial charge in [-0.1, -0.05) is 6.07 Å². The van der Waals surface area contributed by atoms with Crippen LogP contribution in [0.2, 0.25) is 0 Å². The van der Waals surface area contributed by atoms with Crippen LogP contribution in [0.25, 0.3) is 0 Å². The van der Waals surface area contributed by atoms with Crippen LogP contribution in [0.5, 0.6) is 0 Å². The van der Waals surface area contributed by atoms with Crippen molar-refractivity contribution in [3.05, 3.63) is 23.9 Å². The number of hydrogen-bond acceptors (Lipinski definition) is 5. The zero-order chi connectivity index (χ0) is 13.7. The van der Waals surface area contributed by atoms with Crippen molar-refractivity contribution in [2.75, 3.05) is 51.2 Å². The first-order valence-corrected chi connectivity index (χ1v) is 6.58. The highest BCUT2D eigenvalue weighted by molar-refractivity contribution is 5.91. The van der Waals surface area contributed by atoms with Crippen molar-refractivity contribution in [3.8, 4) is 0 Å². The van der Waals surface area contributed by atoms with E-state index in [0.717, 1.165) is 45.1 Å². The Hall–Kier alpha value is -1.66. The number of hydrogen-bond donors (Lipinski definition) is 2. The van der Waals surface area contributed by atoms with E-state index in [1.807, 2.05) is 19.2 Å². The zero-order valence-corrected chi connectivity index (χ0v) is 11.3. The second-order valence-corrected chi connectivity index (χ2v) is 4.76. The van der Waals surface area contributed by atoms with Crippen molar-refractivity contribution in [1.82, 2.24) is 15.2 Å². The molecular weight excluding hydrogens is 242 g/mol. The van der Waals surface area contributed by atoms with Gasteiger partial charge in [-0.05, 0) is 12.1 Å². The van der Waals surface area contributed by atoms with E-state index >= 15 is 0 Å². The Morgan fingerprint density at radius 2 is 2.21 bits per heavy atom. The van der Waals surface area contributed by atoms with Gasteiger partial charge in [0.2, 0.25) is 0 Å². The Bertz CT molecular complexity index is 431. The van der Waals surface area contributed by atoms with Crippen LogP contribution in [0.15, 0.2) is 18.2 Å². The van der Waals surface area contributed by atoms with Crippen molar-refractivity contribution in [2.24, 2.45) is 5.73 Å². The van der Waals surface area contributed by atoms with Gasteiger partial charge in [0.05, 0.1) is 0 Å². The summed E-state index contributed by atoms with van der Waals surface area (Å²) in [6, 6.07) is 5.34. The molecule has 0 atom stereocenters. The smallest absolute Gasteiger partial charge is 0.267 e. The van der Waals surface area contributed by atoms with Crippen molar-refractivity contribution in [2.45, 2.75) is 0 Å². The van der Waals surface area contributed by atoms with Crippen molar-refractivity contribution >= 4 is 11.7 Å². The van der Waals surface area contributed by atoms with Gasteiger partial charge >= 0.3 is 0 Å². The van der Waals surface area contributed by atoms with Crippen molar-refractivity contribution in [1.29, 1.82) is 0 Å². The normalized spacial score (nSPS) is 16.3. The summed E-state index contributed by atoms with van der Waals surface area (Å²) in [7, 11) is 1.98. The van der Waals surface area contributed by atoms with E-state index < -0.39 is 5.91 Å². The molecule has 6 nitrogen and oxygen atoms in total. The number of nitrogens with zero attached hydrogens (tertiary/aromatic N) is 3. The second-order valence-electron chi connectivity index (χ2n) is 4.76. The topological polar surface area (TPSA) is 74.5 Å². The fourth-order valence-corrected chi connectivity index (χ4v) is 2.11. The maximum absolute atomic E-state index is 11.1. The Labute approximate surface area is 113 Å². The van der Waals surface area contributed by atoms with Crippen LogP contribution in [0.1, 0.15) is 10.5 Å². The molecule has 0 spiro atoms. The fraction of sp³-hybridized carbons (Fsp3) is 0.538. The molecule has 0 bridgehead atoms. The van der Waals surface area contributed by atoms with Gasteiger partial charge in [0.25, 0.3) is 5.91 Å². The van der Waals surface area contributed by atoms with Gasteiger partial charge in [0.15, 0.2) is 0 Å². The zero-order valence-electron chi connectivity index (χ0n) is 11.3. The summed E-state index contributed by atoms with van der Waals surface area (Å²) in [5, 5.41) is 3.33. The molecule has 104 valence electrons. The lowest BCUT2D eigenvalue weighted by atomic mass is 10.3. The number of primary amides is 1. The molecule has 1 aliphatic rings. The first-order chi connectivity index (χ1) is 9.16. The maximum Gasteiger partial charge on any atom is 0.267 e. The summed E-state index contributed by atoms with van der Waals surface area (Å²) in [4.78, 5) is 19.8. The van der Waals surface area contributed by atoms with Gasteiger partial charge in [-0.3, -0.25) is 9.69 Å².